The lowest BCUT2D eigenvalue weighted by molar-refractivity contribution is -0.0487. The van der Waals surface area contributed by atoms with E-state index in [1.54, 1.807) is 6.07 Å². The van der Waals surface area contributed by atoms with E-state index in [-0.39, 0.29) is 24.1 Å². The van der Waals surface area contributed by atoms with Gasteiger partial charge in [-0.25, -0.2) is 28.5 Å². The van der Waals surface area contributed by atoms with Gasteiger partial charge in [-0.05, 0) is 6.42 Å². The fourth-order valence-corrected chi connectivity index (χ4v) is 8.20. The molecular weight excluding hydrogens is 627 g/mol. The smallest absolute Gasteiger partial charge is 0.386 e. The number of aliphatic hydroxyl groups is 1. The van der Waals surface area contributed by atoms with Crippen LogP contribution in [0.3, 0.4) is 0 Å². The standard InChI is InChI=1S/C21H24FN5O10P2S2/c22-12-5-27(19-16(12)20(29)26-9-25-19)21-18-17(28)14(35-21)7-33-38(30,40)36-13-4-11(34-15-1-2-23-8-24-15)3-10(13)6-32-39(31,41)37-18/h1-2,5,8-11,13-14,17-18,21,28H,3-4,6-7H2,(H,30,40)(H,31,41)(H,25,26,29)/t10-,11-,13+,14-,17-,18-,21-,38+,39-/m1/s1. The lowest BCUT2D eigenvalue weighted by Gasteiger charge is -2.26. The van der Waals surface area contributed by atoms with Gasteiger partial charge >= 0.3 is 13.6 Å². The third kappa shape index (κ3) is 6.13. The summed E-state index contributed by atoms with van der Waals surface area (Å²) in [4.78, 5) is 26.4. The molecule has 0 unspecified atom stereocenters. The summed E-state index contributed by atoms with van der Waals surface area (Å²) in [5.74, 6) is -1.08. The zero-order valence-electron chi connectivity index (χ0n) is 20.8. The summed E-state index contributed by atoms with van der Waals surface area (Å²) < 4.78 is 76.7. The molecule has 15 nitrogen and oxygen atoms in total. The van der Waals surface area contributed by atoms with Gasteiger partial charge in [-0.3, -0.25) is 18.4 Å². The molecule has 0 amide bonds. The molecule has 9 atom stereocenters. The van der Waals surface area contributed by atoms with E-state index in [9.17, 15) is 23.4 Å². The molecule has 5 heterocycles. The molecule has 222 valence electrons. The lowest BCUT2D eigenvalue weighted by atomic mass is 10.1. The minimum absolute atomic E-state index is 0.124. The summed E-state index contributed by atoms with van der Waals surface area (Å²) in [7, 11) is 0. The van der Waals surface area contributed by atoms with Crippen molar-refractivity contribution < 1.29 is 46.2 Å². The molecule has 0 aromatic carbocycles. The van der Waals surface area contributed by atoms with Crippen molar-refractivity contribution in [2.45, 2.75) is 49.6 Å². The maximum Gasteiger partial charge on any atom is 0.386 e. The Morgan fingerprint density at radius 2 is 1.90 bits per heavy atom. The number of aromatic nitrogens is 5. The Bertz CT molecular complexity index is 1580. The fourth-order valence-electron chi connectivity index (χ4n) is 5.14. The van der Waals surface area contributed by atoms with Crippen molar-refractivity contribution in [3.05, 3.63) is 47.3 Å². The maximum atomic E-state index is 14.7. The fraction of sp³-hybridized carbons (Fsp3) is 0.524. The first-order valence-electron chi connectivity index (χ1n) is 12.3. The lowest BCUT2D eigenvalue weighted by Crippen LogP contribution is -2.35. The molecule has 0 radical (unpaired) electrons. The second-order valence-corrected chi connectivity index (χ2v) is 15.4. The number of halogens is 1. The molecule has 2 N–H and O–H groups in total. The molecule has 20 heteroatoms. The van der Waals surface area contributed by atoms with Gasteiger partial charge in [0.25, 0.3) is 5.56 Å². The summed E-state index contributed by atoms with van der Waals surface area (Å²) >= 11 is 8.19. The van der Waals surface area contributed by atoms with Crippen molar-refractivity contribution in [1.82, 2.24) is 24.5 Å². The highest BCUT2D eigenvalue weighted by molar-refractivity contribution is 8.44. The highest BCUT2D eigenvalue weighted by Gasteiger charge is 2.51. The van der Waals surface area contributed by atoms with Crippen LogP contribution in [-0.2, 0) is 32.0 Å². The van der Waals surface area contributed by atoms with Gasteiger partial charge in [0.1, 0.15) is 36.1 Å². The molecule has 3 aliphatic rings. The third-order valence-corrected chi connectivity index (χ3v) is 10.2. The summed E-state index contributed by atoms with van der Waals surface area (Å²) in [6.45, 7) is -8.97. The molecule has 41 heavy (non-hydrogen) atoms. The van der Waals surface area contributed by atoms with Crippen molar-refractivity contribution in [2.75, 3.05) is 13.2 Å². The molecule has 3 fully saturated rings. The minimum atomic E-state index is -4.21. The van der Waals surface area contributed by atoms with Gasteiger partial charge in [-0.15, -0.1) is 0 Å². The molecule has 3 aromatic rings. The van der Waals surface area contributed by atoms with Crippen molar-refractivity contribution >= 4 is 49.1 Å². The number of nitrogens with zero attached hydrogens (tertiary/aromatic N) is 4. The van der Waals surface area contributed by atoms with E-state index in [4.69, 9.17) is 27.6 Å². The summed E-state index contributed by atoms with van der Waals surface area (Å²) in [5.41, 5.74) is -0.866. The molecule has 0 spiro atoms. The summed E-state index contributed by atoms with van der Waals surface area (Å²) in [6, 6.07) is 1.58. The number of H-pyrrole nitrogens is 1. The van der Waals surface area contributed by atoms with Gasteiger partial charge < -0.3 is 28.7 Å². The predicted octanol–water partition coefficient (Wildman–Crippen LogP) is 2.66. The number of rotatable bonds is 3. The Balaban J connectivity index is 1.28. The van der Waals surface area contributed by atoms with Crippen LogP contribution < -0.4 is 10.3 Å². The van der Waals surface area contributed by atoms with E-state index >= 15 is 0 Å². The minimum Gasteiger partial charge on any atom is -0.474 e. The number of ether oxygens (including phenoxy) is 2. The number of aliphatic hydroxyl groups excluding tert-OH is 1. The molecule has 2 aliphatic heterocycles. The Morgan fingerprint density at radius 1 is 1.12 bits per heavy atom. The zero-order chi connectivity index (χ0) is 28.9. The molecule has 2 saturated heterocycles. The van der Waals surface area contributed by atoms with E-state index in [2.05, 4.69) is 44.4 Å². The zero-order valence-corrected chi connectivity index (χ0v) is 24.4. The van der Waals surface area contributed by atoms with Crippen LogP contribution in [0, 0.1) is 11.7 Å². The number of aromatic amines is 1. The second kappa shape index (κ2) is 11.3. The van der Waals surface area contributed by atoms with Gasteiger partial charge in [0.15, 0.2) is 17.7 Å². The van der Waals surface area contributed by atoms with E-state index in [1.165, 1.54) is 12.5 Å². The molecule has 2 bridgehead atoms. The molecule has 1 saturated carbocycles. The van der Waals surface area contributed by atoms with Crippen LogP contribution in [0.25, 0.3) is 11.0 Å². The van der Waals surface area contributed by atoms with E-state index in [0.29, 0.717) is 12.3 Å². The number of fused-ring (bicyclic) bond motifs is 4. The summed E-state index contributed by atoms with van der Waals surface area (Å²) in [5, 5.41) is 10.7. The first kappa shape index (κ1) is 29.2. The SMILES string of the molecule is O=c1[nH]cnc2c1c(F)cn2[C@@H]1O[C@@H]2CO[P@](=O)(S)O[C@H]3C[C@H](Oc4ccncn4)C[C@@H]3CO[P@@](=O)(S)O[C@@H]1[C@@H]2O. The van der Waals surface area contributed by atoms with Crippen LogP contribution >= 0.6 is 38.1 Å². The second-order valence-electron chi connectivity index (χ2n) is 9.63. The van der Waals surface area contributed by atoms with Crippen LogP contribution in [0.2, 0.25) is 0 Å². The van der Waals surface area contributed by atoms with Gasteiger partial charge in [0, 0.05) is 30.8 Å². The van der Waals surface area contributed by atoms with Crippen molar-refractivity contribution in [3.8, 4) is 5.88 Å². The van der Waals surface area contributed by atoms with Crippen molar-refractivity contribution in [3.63, 3.8) is 0 Å². The Kier molecular flexibility index (Phi) is 8.08. The van der Waals surface area contributed by atoms with Crippen molar-refractivity contribution in [2.24, 2.45) is 5.92 Å². The number of hydrogen-bond donors (Lipinski definition) is 4. The van der Waals surface area contributed by atoms with Gasteiger partial charge in [0.2, 0.25) is 5.88 Å². The van der Waals surface area contributed by atoms with Crippen LogP contribution in [0.4, 0.5) is 4.39 Å². The van der Waals surface area contributed by atoms with Crippen LogP contribution in [-0.4, -0.2) is 73.3 Å². The van der Waals surface area contributed by atoms with E-state index < -0.39 is 74.2 Å². The molecule has 1 aliphatic carbocycles. The van der Waals surface area contributed by atoms with Gasteiger partial charge in [0.05, 0.1) is 25.6 Å². The monoisotopic (exact) mass is 651 g/mol. The normalized spacial score (nSPS) is 38.1. The highest BCUT2D eigenvalue weighted by atomic mass is 32.7. The molecule has 3 aromatic heterocycles. The first-order valence-corrected chi connectivity index (χ1v) is 17.7. The Morgan fingerprint density at radius 3 is 2.68 bits per heavy atom. The molecular formula is C21H24FN5O10P2S2. The average molecular weight is 652 g/mol. The first-order chi connectivity index (χ1) is 19.5. The predicted molar refractivity (Wildman–Crippen MR) is 144 cm³/mol. The third-order valence-electron chi connectivity index (χ3n) is 6.96. The molecule has 6 rings (SSSR count). The topological polar surface area (TPSA) is 186 Å². The highest BCUT2D eigenvalue weighted by Crippen LogP contribution is 2.60. The van der Waals surface area contributed by atoms with Crippen LogP contribution in [0.5, 0.6) is 5.88 Å². The van der Waals surface area contributed by atoms with E-state index in [1.807, 2.05) is 0 Å². The quantitative estimate of drug-likeness (QED) is 0.240. The Hall–Kier alpha value is -1.85. The maximum absolute atomic E-state index is 14.7. The van der Waals surface area contributed by atoms with Gasteiger partial charge in [-0.2, -0.15) is 0 Å². The number of hydrogen-bond acceptors (Lipinski definition) is 13. The Labute approximate surface area is 241 Å². The largest absolute Gasteiger partial charge is 0.474 e. The number of thiol groups is 2. The van der Waals surface area contributed by atoms with Gasteiger partial charge in [-0.1, -0.05) is 24.5 Å². The van der Waals surface area contributed by atoms with Crippen LogP contribution in [0.1, 0.15) is 19.1 Å². The van der Waals surface area contributed by atoms with Crippen LogP contribution in [0.15, 0.2) is 35.9 Å². The van der Waals surface area contributed by atoms with Crippen molar-refractivity contribution in [1.29, 1.82) is 0 Å². The number of nitrogens with one attached hydrogen (secondary N) is 1. The summed E-state index contributed by atoms with van der Waals surface area (Å²) in [6.07, 6.45) is -1.33. The average Bonchev–Trinajstić information content (AvgIpc) is 3.55. The van der Waals surface area contributed by atoms with E-state index in [0.717, 1.165) is 17.1 Å².